The minimum absolute atomic E-state index is 0.646. The zero-order chi connectivity index (χ0) is 13.0. The SMILES string of the molecule is CN(C)c1nccc(N2CCCC2CCCBr)n1. The van der Waals surface area contributed by atoms with Gasteiger partial charge < -0.3 is 9.80 Å². The highest BCUT2D eigenvalue weighted by Crippen LogP contribution is 2.27. The first-order valence-corrected chi connectivity index (χ1v) is 7.67. The van der Waals surface area contributed by atoms with Crippen LogP contribution in [0.3, 0.4) is 0 Å². The summed E-state index contributed by atoms with van der Waals surface area (Å²) in [6.45, 7) is 1.12. The molecular formula is C13H21BrN4. The van der Waals surface area contributed by atoms with Crippen molar-refractivity contribution in [3.63, 3.8) is 0 Å². The van der Waals surface area contributed by atoms with Gasteiger partial charge in [0.05, 0.1) is 0 Å². The summed E-state index contributed by atoms with van der Waals surface area (Å²) in [4.78, 5) is 13.3. The smallest absolute Gasteiger partial charge is 0.226 e. The summed E-state index contributed by atoms with van der Waals surface area (Å²) < 4.78 is 0. The van der Waals surface area contributed by atoms with Gasteiger partial charge in [-0.1, -0.05) is 15.9 Å². The van der Waals surface area contributed by atoms with Crippen molar-refractivity contribution < 1.29 is 0 Å². The molecule has 0 aliphatic carbocycles. The summed E-state index contributed by atoms with van der Waals surface area (Å²) in [5.41, 5.74) is 0. The average molecular weight is 313 g/mol. The molecule has 1 unspecified atom stereocenters. The van der Waals surface area contributed by atoms with E-state index in [0.29, 0.717) is 6.04 Å². The van der Waals surface area contributed by atoms with E-state index in [2.05, 4.69) is 30.8 Å². The van der Waals surface area contributed by atoms with Crippen LogP contribution in [0.1, 0.15) is 25.7 Å². The predicted octanol–water partition coefficient (Wildman–Crippen LogP) is 2.69. The number of hydrogen-bond donors (Lipinski definition) is 0. The normalized spacial score (nSPS) is 19.3. The van der Waals surface area contributed by atoms with Gasteiger partial charge in [0, 0.05) is 38.2 Å². The molecule has 0 spiro atoms. The van der Waals surface area contributed by atoms with Crippen LogP contribution < -0.4 is 9.80 Å². The second kappa shape index (κ2) is 6.36. The van der Waals surface area contributed by atoms with Crippen molar-refractivity contribution in [2.45, 2.75) is 31.7 Å². The minimum Gasteiger partial charge on any atom is -0.353 e. The van der Waals surface area contributed by atoms with Crippen LogP contribution in [0.5, 0.6) is 0 Å². The number of halogens is 1. The Hall–Kier alpha value is -0.840. The second-order valence-electron chi connectivity index (χ2n) is 4.93. The summed E-state index contributed by atoms with van der Waals surface area (Å²) in [6.07, 6.45) is 6.89. The molecule has 0 saturated carbocycles. The molecule has 0 radical (unpaired) electrons. The van der Waals surface area contributed by atoms with Gasteiger partial charge in [-0.3, -0.25) is 0 Å². The Morgan fingerprint density at radius 2 is 2.33 bits per heavy atom. The molecule has 0 bridgehead atoms. The maximum Gasteiger partial charge on any atom is 0.226 e. The first-order valence-electron chi connectivity index (χ1n) is 6.55. The standard InChI is InChI=1S/C13H21BrN4/c1-17(2)13-15-9-7-12(16-13)18-10-4-6-11(18)5-3-8-14/h7,9,11H,3-6,8,10H2,1-2H3. The zero-order valence-corrected chi connectivity index (χ0v) is 12.7. The monoisotopic (exact) mass is 312 g/mol. The van der Waals surface area contributed by atoms with E-state index in [4.69, 9.17) is 0 Å². The molecule has 1 fully saturated rings. The van der Waals surface area contributed by atoms with Gasteiger partial charge in [-0.05, 0) is 31.7 Å². The number of alkyl halides is 1. The third-order valence-corrected chi connectivity index (χ3v) is 3.93. The van der Waals surface area contributed by atoms with Crippen LogP contribution >= 0.6 is 15.9 Å². The van der Waals surface area contributed by atoms with Crippen molar-refractivity contribution in [1.82, 2.24) is 9.97 Å². The fourth-order valence-corrected chi connectivity index (χ4v) is 2.79. The lowest BCUT2D eigenvalue weighted by Gasteiger charge is -2.26. The van der Waals surface area contributed by atoms with Gasteiger partial charge in [-0.2, -0.15) is 4.98 Å². The highest BCUT2D eigenvalue weighted by atomic mass is 79.9. The van der Waals surface area contributed by atoms with Crippen molar-refractivity contribution in [2.75, 3.05) is 35.8 Å². The van der Waals surface area contributed by atoms with E-state index in [1.165, 1.54) is 25.7 Å². The number of nitrogens with zero attached hydrogens (tertiary/aromatic N) is 4. The molecule has 1 aromatic rings. The first kappa shape index (κ1) is 13.6. The molecule has 1 saturated heterocycles. The minimum atomic E-state index is 0.646. The van der Waals surface area contributed by atoms with E-state index >= 15 is 0 Å². The molecule has 0 aromatic carbocycles. The molecule has 5 heteroatoms. The lowest BCUT2D eigenvalue weighted by atomic mass is 10.1. The van der Waals surface area contributed by atoms with Crippen molar-refractivity contribution >= 4 is 27.7 Å². The summed E-state index contributed by atoms with van der Waals surface area (Å²) in [7, 11) is 3.96. The third kappa shape index (κ3) is 3.13. The largest absolute Gasteiger partial charge is 0.353 e. The van der Waals surface area contributed by atoms with Crippen molar-refractivity contribution in [1.29, 1.82) is 0 Å². The maximum absolute atomic E-state index is 4.64. The second-order valence-corrected chi connectivity index (χ2v) is 5.72. The van der Waals surface area contributed by atoms with Crippen molar-refractivity contribution in [2.24, 2.45) is 0 Å². The van der Waals surface area contributed by atoms with E-state index < -0.39 is 0 Å². The van der Waals surface area contributed by atoms with Crippen LogP contribution in [0.25, 0.3) is 0 Å². The average Bonchev–Trinajstić information content (AvgIpc) is 2.84. The fourth-order valence-electron chi connectivity index (χ4n) is 2.46. The van der Waals surface area contributed by atoms with Gasteiger partial charge in [0.25, 0.3) is 0 Å². The van der Waals surface area contributed by atoms with Crippen LogP contribution in [-0.4, -0.2) is 42.0 Å². The van der Waals surface area contributed by atoms with Gasteiger partial charge in [-0.25, -0.2) is 4.98 Å². The lowest BCUT2D eigenvalue weighted by molar-refractivity contribution is 0.600. The molecule has 4 nitrogen and oxygen atoms in total. The van der Waals surface area contributed by atoms with E-state index in [0.717, 1.165) is 23.6 Å². The van der Waals surface area contributed by atoms with Crippen molar-refractivity contribution in [3.8, 4) is 0 Å². The molecule has 1 aliphatic rings. The topological polar surface area (TPSA) is 32.3 Å². The van der Waals surface area contributed by atoms with Crippen LogP contribution in [0.15, 0.2) is 12.3 Å². The number of aromatic nitrogens is 2. The van der Waals surface area contributed by atoms with Gasteiger partial charge in [-0.15, -0.1) is 0 Å². The van der Waals surface area contributed by atoms with E-state index in [-0.39, 0.29) is 0 Å². The molecule has 2 rings (SSSR count). The van der Waals surface area contributed by atoms with Crippen LogP contribution in [0.4, 0.5) is 11.8 Å². The number of rotatable bonds is 5. The Bertz CT molecular complexity index is 383. The Labute approximate surface area is 118 Å². The summed E-state index contributed by atoms with van der Waals surface area (Å²) >= 11 is 3.51. The Morgan fingerprint density at radius 3 is 3.06 bits per heavy atom. The quantitative estimate of drug-likeness (QED) is 0.783. The van der Waals surface area contributed by atoms with Gasteiger partial charge in [0.15, 0.2) is 0 Å². The number of anilines is 2. The molecule has 100 valence electrons. The summed E-state index contributed by atoms with van der Waals surface area (Å²) in [5, 5.41) is 1.09. The predicted molar refractivity (Wildman–Crippen MR) is 79.8 cm³/mol. The fraction of sp³-hybridized carbons (Fsp3) is 0.692. The Balaban J connectivity index is 2.11. The number of hydrogen-bond acceptors (Lipinski definition) is 4. The Kier molecular flexibility index (Phi) is 4.80. The third-order valence-electron chi connectivity index (χ3n) is 3.37. The molecular weight excluding hydrogens is 292 g/mol. The van der Waals surface area contributed by atoms with Crippen LogP contribution in [0, 0.1) is 0 Å². The lowest BCUT2D eigenvalue weighted by Crippen LogP contribution is -2.30. The summed E-state index contributed by atoms with van der Waals surface area (Å²) in [5.74, 6) is 1.87. The highest BCUT2D eigenvalue weighted by Gasteiger charge is 2.25. The zero-order valence-electron chi connectivity index (χ0n) is 11.1. The molecule has 1 atom stereocenters. The maximum atomic E-state index is 4.64. The molecule has 1 aliphatic heterocycles. The highest BCUT2D eigenvalue weighted by molar-refractivity contribution is 9.09. The summed E-state index contributed by atoms with van der Waals surface area (Å²) in [6, 6.07) is 2.67. The molecule has 0 N–H and O–H groups in total. The van der Waals surface area contributed by atoms with Gasteiger partial charge in [0.2, 0.25) is 5.95 Å². The van der Waals surface area contributed by atoms with Crippen LogP contribution in [0.2, 0.25) is 0 Å². The van der Waals surface area contributed by atoms with Crippen LogP contribution in [-0.2, 0) is 0 Å². The van der Waals surface area contributed by atoms with Gasteiger partial charge >= 0.3 is 0 Å². The van der Waals surface area contributed by atoms with E-state index in [1.807, 2.05) is 31.3 Å². The molecule has 2 heterocycles. The molecule has 1 aromatic heterocycles. The van der Waals surface area contributed by atoms with E-state index in [9.17, 15) is 0 Å². The van der Waals surface area contributed by atoms with Gasteiger partial charge in [0.1, 0.15) is 5.82 Å². The molecule has 18 heavy (non-hydrogen) atoms. The first-order chi connectivity index (χ1) is 8.72. The molecule has 0 amide bonds. The van der Waals surface area contributed by atoms with E-state index in [1.54, 1.807) is 0 Å². The Morgan fingerprint density at radius 1 is 1.50 bits per heavy atom. The van der Waals surface area contributed by atoms with Crippen molar-refractivity contribution in [3.05, 3.63) is 12.3 Å².